The molecule has 1 heterocycles. The Morgan fingerprint density at radius 2 is 2.10 bits per heavy atom. The van der Waals surface area contributed by atoms with E-state index >= 15 is 0 Å². The fraction of sp³-hybridized carbons (Fsp3) is 0.308. The van der Waals surface area contributed by atoms with Gasteiger partial charge in [-0.2, -0.15) is 9.49 Å². The van der Waals surface area contributed by atoms with Gasteiger partial charge in [0.15, 0.2) is 0 Å². The molecule has 112 valence electrons. The molecule has 2 aromatic rings. The third-order valence-electron chi connectivity index (χ3n) is 3.20. The van der Waals surface area contributed by atoms with Gasteiger partial charge in [-0.25, -0.2) is 4.39 Å². The average Bonchev–Trinajstić information content (AvgIpc) is 2.67. The summed E-state index contributed by atoms with van der Waals surface area (Å²) in [6.07, 6.45) is 1.16. The Hall–Kier alpha value is -2.51. The van der Waals surface area contributed by atoms with E-state index in [9.17, 15) is 18.9 Å². The molecule has 0 atom stereocenters. The molecule has 0 aliphatic carbocycles. The van der Waals surface area contributed by atoms with Crippen LogP contribution in [0.3, 0.4) is 0 Å². The van der Waals surface area contributed by atoms with Crippen molar-refractivity contribution in [2.24, 2.45) is 7.05 Å². The fourth-order valence-electron chi connectivity index (χ4n) is 2.18. The third-order valence-corrected chi connectivity index (χ3v) is 3.20. The molecule has 0 radical (unpaired) electrons. The quantitative estimate of drug-likeness (QED) is 0.694. The summed E-state index contributed by atoms with van der Waals surface area (Å²) in [6.45, 7) is 1.89. The predicted molar refractivity (Wildman–Crippen MR) is 73.6 cm³/mol. The number of aromatic nitrogens is 2. The maximum Gasteiger partial charge on any atom is 0.305 e. The molecule has 0 amide bonds. The topological polar surface area (TPSA) is 87.0 Å². The van der Waals surface area contributed by atoms with Crippen molar-refractivity contribution in [2.75, 3.05) is 5.73 Å². The number of rotatable bonds is 4. The number of halogens is 2. The number of anilines is 1. The molecule has 0 unspecified atom stereocenters. The number of nitrogens with zero attached hydrogens (tertiary/aromatic N) is 3. The minimum absolute atomic E-state index is 0.00977. The van der Waals surface area contributed by atoms with Crippen molar-refractivity contribution in [3.8, 4) is 11.3 Å². The van der Waals surface area contributed by atoms with Crippen LogP contribution in [0.1, 0.15) is 18.9 Å². The highest BCUT2D eigenvalue weighted by Crippen LogP contribution is 2.35. The van der Waals surface area contributed by atoms with E-state index in [1.54, 1.807) is 7.05 Å². The van der Waals surface area contributed by atoms with Crippen LogP contribution in [0.5, 0.6) is 0 Å². The van der Waals surface area contributed by atoms with E-state index in [1.807, 2.05) is 6.92 Å². The van der Waals surface area contributed by atoms with Crippen molar-refractivity contribution in [1.82, 2.24) is 9.78 Å². The third kappa shape index (κ3) is 2.44. The molecule has 0 aliphatic rings. The summed E-state index contributed by atoms with van der Waals surface area (Å²) in [5.41, 5.74) is 5.03. The van der Waals surface area contributed by atoms with Crippen molar-refractivity contribution in [3.63, 3.8) is 0 Å². The van der Waals surface area contributed by atoms with Crippen LogP contribution in [-0.4, -0.2) is 14.7 Å². The first-order chi connectivity index (χ1) is 9.88. The highest BCUT2D eigenvalue weighted by Gasteiger charge is 2.27. The first-order valence-corrected chi connectivity index (χ1v) is 6.32. The van der Waals surface area contributed by atoms with E-state index in [0.29, 0.717) is 18.4 Å². The number of hydrogen-bond acceptors (Lipinski definition) is 4. The molecule has 0 saturated carbocycles. The van der Waals surface area contributed by atoms with Crippen LogP contribution >= 0.6 is 0 Å². The molecular weight excluding hydrogens is 282 g/mol. The standard InChI is InChI=1S/C13H14F2N4O2/c1-3-4-7-12(17-18(2)13(7)16)10-8(14)5-6-9(11(10)15)19(20)21/h5-6H,3-4,16H2,1-2H3. The first kappa shape index (κ1) is 14.9. The Morgan fingerprint density at radius 3 is 2.67 bits per heavy atom. The minimum atomic E-state index is -1.24. The molecule has 0 bridgehead atoms. The molecule has 0 spiro atoms. The van der Waals surface area contributed by atoms with Gasteiger partial charge < -0.3 is 5.73 Å². The number of benzene rings is 1. The lowest BCUT2D eigenvalue weighted by Gasteiger charge is -2.05. The van der Waals surface area contributed by atoms with E-state index in [2.05, 4.69) is 5.10 Å². The lowest BCUT2D eigenvalue weighted by Crippen LogP contribution is -2.00. The molecule has 6 nitrogen and oxygen atoms in total. The Balaban J connectivity index is 2.75. The van der Waals surface area contributed by atoms with Gasteiger partial charge in [0.25, 0.3) is 0 Å². The Kier molecular flexibility index (Phi) is 3.88. The molecule has 0 fully saturated rings. The van der Waals surface area contributed by atoms with Crippen molar-refractivity contribution in [3.05, 3.63) is 39.4 Å². The lowest BCUT2D eigenvalue weighted by molar-refractivity contribution is -0.387. The molecule has 1 aromatic carbocycles. The van der Waals surface area contributed by atoms with Gasteiger partial charge in [0, 0.05) is 18.7 Å². The van der Waals surface area contributed by atoms with Crippen LogP contribution in [0, 0.1) is 21.7 Å². The van der Waals surface area contributed by atoms with E-state index in [1.165, 1.54) is 4.68 Å². The summed E-state index contributed by atoms with van der Waals surface area (Å²) in [7, 11) is 1.55. The second kappa shape index (κ2) is 5.47. The first-order valence-electron chi connectivity index (χ1n) is 6.32. The van der Waals surface area contributed by atoms with Crippen LogP contribution < -0.4 is 5.73 Å². The second-order valence-corrected chi connectivity index (χ2v) is 4.60. The summed E-state index contributed by atoms with van der Waals surface area (Å²) in [4.78, 5) is 9.89. The SMILES string of the molecule is CCCc1c(-c2c(F)ccc([N+](=O)[O-])c2F)nn(C)c1N. The van der Waals surface area contributed by atoms with Crippen LogP contribution in [0.25, 0.3) is 11.3 Å². The van der Waals surface area contributed by atoms with Gasteiger partial charge in [0.05, 0.1) is 10.5 Å². The highest BCUT2D eigenvalue weighted by atomic mass is 19.1. The molecule has 1 aromatic heterocycles. The lowest BCUT2D eigenvalue weighted by atomic mass is 10.0. The highest BCUT2D eigenvalue weighted by molar-refractivity contribution is 5.71. The van der Waals surface area contributed by atoms with Gasteiger partial charge in [-0.3, -0.25) is 14.8 Å². The van der Waals surface area contributed by atoms with Crippen LogP contribution in [-0.2, 0) is 13.5 Å². The van der Waals surface area contributed by atoms with Gasteiger partial charge >= 0.3 is 5.69 Å². The van der Waals surface area contributed by atoms with Crippen LogP contribution in [0.2, 0.25) is 0 Å². The van der Waals surface area contributed by atoms with E-state index in [4.69, 9.17) is 5.73 Å². The number of nitrogen functional groups attached to an aromatic ring is 1. The number of aryl methyl sites for hydroxylation is 1. The van der Waals surface area contributed by atoms with Crippen LogP contribution in [0.4, 0.5) is 20.3 Å². The largest absolute Gasteiger partial charge is 0.384 e. The monoisotopic (exact) mass is 296 g/mol. The molecule has 0 saturated heterocycles. The Labute approximate surface area is 119 Å². The number of nitro groups is 1. The number of nitro benzene ring substituents is 1. The van der Waals surface area contributed by atoms with E-state index < -0.39 is 27.8 Å². The maximum absolute atomic E-state index is 14.3. The maximum atomic E-state index is 14.3. The van der Waals surface area contributed by atoms with Gasteiger partial charge in [0.2, 0.25) is 5.82 Å². The number of hydrogen-bond donors (Lipinski definition) is 1. The molecule has 2 N–H and O–H groups in total. The van der Waals surface area contributed by atoms with Gasteiger partial charge in [-0.05, 0) is 12.5 Å². The van der Waals surface area contributed by atoms with Crippen molar-refractivity contribution in [1.29, 1.82) is 0 Å². The fourth-order valence-corrected chi connectivity index (χ4v) is 2.18. The van der Waals surface area contributed by atoms with Crippen molar-refractivity contribution in [2.45, 2.75) is 19.8 Å². The van der Waals surface area contributed by atoms with Gasteiger partial charge in [0.1, 0.15) is 17.3 Å². The zero-order chi connectivity index (χ0) is 15.7. The zero-order valence-corrected chi connectivity index (χ0v) is 11.6. The molecule has 2 rings (SSSR count). The molecule has 0 aliphatic heterocycles. The Bertz CT molecular complexity index is 713. The number of nitrogens with two attached hydrogens (primary N) is 1. The summed E-state index contributed by atoms with van der Waals surface area (Å²) in [5, 5.41) is 14.8. The molecule has 8 heteroatoms. The molecule has 21 heavy (non-hydrogen) atoms. The predicted octanol–water partition coefficient (Wildman–Crippen LogP) is 2.81. The normalized spacial score (nSPS) is 10.9. The van der Waals surface area contributed by atoms with Gasteiger partial charge in [-0.15, -0.1) is 0 Å². The summed E-state index contributed by atoms with van der Waals surface area (Å²) >= 11 is 0. The van der Waals surface area contributed by atoms with Crippen molar-refractivity contribution < 1.29 is 13.7 Å². The minimum Gasteiger partial charge on any atom is -0.384 e. The average molecular weight is 296 g/mol. The summed E-state index contributed by atoms with van der Waals surface area (Å²) in [6, 6.07) is 1.65. The van der Waals surface area contributed by atoms with Gasteiger partial charge in [-0.1, -0.05) is 13.3 Å². The zero-order valence-electron chi connectivity index (χ0n) is 11.6. The van der Waals surface area contributed by atoms with E-state index in [-0.39, 0.29) is 11.5 Å². The summed E-state index contributed by atoms with van der Waals surface area (Å²) < 4.78 is 29.6. The Morgan fingerprint density at radius 1 is 1.43 bits per heavy atom. The van der Waals surface area contributed by atoms with Crippen LogP contribution in [0.15, 0.2) is 12.1 Å². The van der Waals surface area contributed by atoms with E-state index in [0.717, 1.165) is 12.1 Å². The molecular formula is C13H14F2N4O2. The summed E-state index contributed by atoms with van der Waals surface area (Å²) in [5.74, 6) is -1.86. The second-order valence-electron chi connectivity index (χ2n) is 4.60. The smallest absolute Gasteiger partial charge is 0.305 e. The van der Waals surface area contributed by atoms with Crippen molar-refractivity contribution >= 4 is 11.5 Å².